The molecule has 0 aliphatic heterocycles. The first-order valence-electron chi connectivity index (χ1n) is 5.59. The summed E-state index contributed by atoms with van der Waals surface area (Å²) < 4.78 is 6.37. The summed E-state index contributed by atoms with van der Waals surface area (Å²) in [5, 5.41) is 2.75. The van der Waals surface area contributed by atoms with Crippen molar-refractivity contribution in [1.29, 1.82) is 0 Å². The second-order valence-corrected chi connectivity index (χ2v) is 5.93. The number of carbonyl (C=O) groups excluding carboxylic acids is 1. The lowest BCUT2D eigenvalue weighted by Crippen LogP contribution is -2.33. The van der Waals surface area contributed by atoms with Gasteiger partial charge in [0.25, 0.3) is 0 Å². The van der Waals surface area contributed by atoms with Gasteiger partial charge in [-0.2, -0.15) is 0 Å². The van der Waals surface area contributed by atoms with Crippen LogP contribution in [-0.2, 0) is 11.2 Å². The van der Waals surface area contributed by atoms with Crippen LogP contribution >= 0.6 is 22.6 Å². The Kier molecular flexibility index (Phi) is 5.24. The standard InChI is InChI=1S/C13H18INO2/c1-13(2,3)17-12(16)15-9-8-10-6-4-5-7-11(10)14/h4-7H,8-9H2,1-3H3,(H,15,16). The van der Waals surface area contributed by atoms with E-state index in [0.29, 0.717) is 6.54 Å². The summed E-state index contributed by atoms with van der Waals surface area (Å²) in [7, 11) is 0. The Balaban J connectivity index is 2.34. The maximum absolute atomic E-state index is 11.4. The van der Waals surface area contributed by atoms with Crippen LogP contribution in [0.5, 0.6) is 0 Å². The highest BCUT2D eigenvalue weighted by molar-refractivity contribution is 14.1. The molecule has 0 fully saturated rings. The minimum Gasteiger partial charge on any atom is -0.444 e. The minimum atomic E-state index is -0.439. The van der Waals surface area contributed by atoms with E-state index in [1.54, 1.807) is 0 Å². The average molecular weight is 347 g/mol. The highest BCUT2D eigenvalue weighted by Gasteiger charge is 2.15. The average Bonchev–Trinajstić information content (AvgIpc) is 2.18. The highest BCUT2D eigenvalue weighted by atomic mass is 127. The van der Waals surface area contributed by atoms with E-state index in [1.807, 2.05) is 32.9 Å². The van der Waals surface area contributed by atoms with E-state index in [1.165, 1.54) is 9.13 Å². The predicted molar refractivity (Wildman–Crippen MR) is 77.1 cm³/mol. The Morgan fingerprint density at radius 1 is 1.35 bits per heavy atom. The molecule has 0 spiro atoms. The molecule has 0 bridgehead atoms. The summed E-state index contributed by atoms with van der Waals surface area (Å²) in [6.45, 7) is 6.15. The third-order valence-electron chi connectivity index (χ3n) is 2.02. The number of nitrogens with one attached hydrogen (secondary N) is 1. The van der Waals surface area contributed by atoms with Crippen LogP contribution in [0.25, 0.3) is 0 Å². The quantitative estimate of drug-likeness (QED) is 0.852. The van der Waals surface area contributed by atoms with Gasteiger partial charge in [-0.05, 0) is 61.4 Å². The van der Waals surface area contributed by atoms with Crippen LogP contribution in [0.15, 0.2) is 24.3 Å². The van der Waals surface area contributed by atoms with Crippen LogP contribution in [0.2, 0.25) is 0 Å². The first-order valence-corrected chi connectivity index (χ1v) is 6.66. The lowest BCUT2D eigenvalue weighted by molar-refractivity contribution is 0.0528. The molecule has 1 rings (SSSR count). The maximum atomic E-state index is 11.4. The van der Waals surface area contributed by atoms with Gasteiger partial charge in [-0.3, -0.25) is 0 Å². The summed E-state index contributed by atoms with van der Waals surface area (Å²) in [5.41, 5.74) is 0.801. The largest absolute Gasteiger partial charge is 0.444 e. The molecular weight excluding hydrogens is 329 g/mol. The van der Waals surface area contributed by atoms with E-state index < -0.39 is 5.60 Å². The van der Waals surface area contributed by atoms with E-state index in [-0.39, 0.29) is 6.09 Å². The Bertz CT molecular complexity index is 385. The summed E-state index contributed by atoms with van der Waals surface area (Å²) >= 11 is 2.30. The number of rotatable bonds is 3. The number of ether oxygens (including phenoxy) is 1. The van der Waals surface area contributed by atoms with Gasteiger partial charge in [0.05, 0.1) is 0 Å². The molecule has 0 unspecified atom stereocenters. The molecule has 1 amide bonds. The van der Waals surface area contributed by atoms with Crippen molar-refractivity contribution in [3.63, 3.8) is 0 Å². The molecule has 0 atom stereocenters. The molecule has 0 aliphatic carbocycles. The van der Waals surface area contributed by atoms with E-state index in [0.717, 1.165) is 6.42 Å². The number of alkyl carbamates (subject to hydrolysis) is 1. The number of carbonyl (C=O) groups is 1. The molecular formula is C13H18INO2. The first kappa shape index (κ1) is 14.3. The summed E-state index contributed by atoms with van der Waals surface area (Å²) in [6, 6.07) is 8.14. The van der Waals surface area contributed by atoms with Crippen molar-refractivity contribution in [3.05, 3.63) is 33.4 Å². The monoisotopic (exact) mass is 347 g/mol. The maximum Gasteiger partial charge on any atom is 0.407 e. The fourth-order valence-electron chi connectivity index (χ4n) is 1.31. The van der Waals surface area contributed by atoms with E-state index in [9.17, 15) is 4.79 Å². The smallest absolute Gasteiger partial charge is 0.407 e. The molecule has 1 aromatic rings. The molecule has 0 saturated carbocycles. The molecule has 1 aromatic carbocycles. The third-order valence-corrected chi connectivity index (χ3v) is 3.07. The summed E-state index contributed by atoms with van der Waals surface area (Å²) in [4.78, 5) is 11.4. The van der Waals surface area contributed by atoms with Crippen molar-refractivity contribution in [1.82, 2.24) is 5.32 Å². The molecule has 4 heteroatoms. The first-order chi connectivity index (χ1) is 7.88. The molecule has 0 saturated heterocycles. The van der Waals surface area contributed by atoms with Crippen molar-refractivity contribution in [2.75, 3.05) is 6.54 Å². The molecule has 94 valence electrons. The highest BCUT2D eigenvalue weighted by Crippen LogP contribution is 2.11. The molecule has 1 N–H and O–H groups in total. The minimum absolute atomic E-state index is 0.358. The zero-order valence-electron chi connectivity index (χ0n) is 10.4. The molecule has 0 aromatic heterocycles. The normalized spacial score (nSPS) is 11.1. The number of halogens is 1. The van der Waals surface area contributed by atoms with Gasteiger partial charge in [0.2, 0.25) is 0 Å². The van der Waals surface area contributed by atoms with E-state index >= 15 is 0 Å². The van der Waals surface area contributed by atoms with Crippen LogP contribution < -0.4 is 5.32 Å². The molecule has 17 heavy (non-hydrogen) atoms. The number of hydrogen-bond acceptors (Lipinski definition) is 2. The Morgan fingerprint density at radius 3 is 2.59 bits per heavy atom. The molecule has 3 nitrogen and oxygen atoms in total. The second kappa shape index (κ2) is 6.23. The second-order valence-electron chi connectivity index (χ2n) is 4.77. The van der Waals surface area contributed by atoms with Gasteiger partial charge in [0.1, 0.15) is 5.60 Å². The van der Waals surface area contributed by atoms with Gasteiger partial charge in [-0.1, -0.05) is 18.2 Å². The SMILES string of the molecule is CC(C)(C)OC(=O)NCCc1ccccc1I. The van der Waals surface area contributed by atoms with Gasteiger partial charge in [0, 0.05) is 10.1 Å². The lowest BCUT2D eigenvalue weighted by Gasteiger charge is -2.19. The van der Waals surface area contributed by atoms with Gasteiger partial charge in [0.15, 0.2) is 0 Å². The van der Waals surface area contributed by atoms with Crippen molar-refractivity contribution < 1.29 is 9.53 Å². The number of amides is 1. The van der Waals surface area contributed by atoms with Gasteiger partial charge < -0.3 is 10.1 Å². The Hall–Kier alpha value is -0.780. The van der Waals surface area contributed by atoms with Crippen molar-refractivity contribution in [2.24, 2.45) is 0 Å². The Labute approximate surface area is 116 Å². The predicted octanol–water partition coefficient (Wildman–Crippen LogP) is 3.36. The fourth-order valence-corrected chi connectivity index (χ4v) is 1.97. The zero-order valence-corrected chi connectivity index (χ0v) is 12.6. The van der Waals surface area contributed by atoms with Crippen LogP contribution in [-0.4, -0.2) is 18.2 Å². The third kappa shape index (κ3) is 5.91. The van der Waals surface area contributed by atoms with Crippen LogP contribution in [0.1, 0.15) is 26.3 Å². The van der Waals surface area contributed by atoms with Crippen molar-refractivity contribution in [3.8, 4) is 0 Å². The van der Waals surface area contributed by atoms with Crippen LogP contribution in [0.3, 0.4) is 0 Å². The van der Waals surface area contributed by atoms with E-state index in [2.05, 4.69) is 40.0 Å². The fraction of sp³-hybridized carbons (Fsp3) is 0.462. The zero-order chi connectivity index (χ0) is 12.9. The molecule has 0 radical (unpaired) electrons. The summed E-state index contributed by atoms with van der Waals surface area (Å²) in [5.74, 6) is 0. The number of benzene rings is 1. The topological polar surface area (TPSA) is 38.3 Å². The Morgan fingerprint density at radius 2 is 2.00 bits per heavy atom. The number of hydrogen-bond donors (Lipinski definition) is 1. The van der Waals surface area contributed by atoms with E-state index in [4.69, 9.17) is 4.74 Å². The van der Waals surface area contributed by atoms with Crippen molar-refractivity contribution >= 4 is 28.7 Å². The van der Waals surface area contributed by atoms with Gasteiger partial charge in [-0.15, -0.1) is 0 Å². The van der Waals surface area contributed by atoms with Gasteiger partial charge >= 0.3 is 6.09 Å². The van der Waals surface area contributed by atoms with Crippen molar-refractivity contribution in [2.45, 2.75) is 32.8 Å². The van der Waals surface area contributed by atoms with Gasteiger partial charge in [-0.25, -0.2) is 4.79 Å². The summed E-state index contributed by atoms with van der Waals surface area (Å²) in [6.07, 6.45) is 0.460. The van der Waals surface area contributed by atoms with Crippen LogP contribution in [0, 0.1) is 3.57 Å². The lowest BCUT2D eigenvalue weighted by atomic mass is 10.1. The molecule has 0 heterocycles. The molecule has 0 aliphatic rings. The van der Waals surface area contributed by atoms with Crippen LogP contribution in [0.4, 0.5) is 4.79 Å².